The van der Waals surface area contributed by atoms with Crippen molar-refractivity contribution in [2.45, 2.75) is 26.4 Å². The molecule has 2 aromatic rings. The highest BCUT2D eigenvalue weighted by molar-refractivity contribution is 5.81. The molecule has 0 atom stereocenters. The molecular weight excluding hydrogens is 412 g/mol. The first-order valence-corrected chi connectivity index (χ1v) is 11.1. The number of rotatable bonds is 5. The molecule has 2 heterocycles. The molecule has 0 N–H and O–H groups in total. The zero-order valence-corrected chi connectivity index (χ0v) is 19.5. The van der Waals surface area contributed by atoms with Crippen molar-refractivity contribution in [1.82, 2.24) is 4.57 Å². The monoisotopic (exact) mass is 440 g/mol. The summed E-state index contributed by atoms with van der Waals surface area (Å²) in [5, 5.41) is 0.898. The smallest absolute Gasteiger partial charge is 0.161 e. The van der Waals surface area contributed by atoms with Gasteiger partial charge in [0.2, 0.25) is 0 Å². The first-order valence-electron chi connectivity index (χ1n) is 11.1. The molecule has 0 bridgehead atoms. The number of benzene rings is 3. The molecule has 1 aliphatic carbocycles. The number of hydrogen-bond acceptors (Lipinski definition) is 4. The van der Waals surface area contributed by atoms with Gasteiger partial charge in [0.25, 0.3) is 0 Å². The van der Waals surface area contributed by atoms with Gasteiger partial charge >= 0.3 is 0 Å². The van der Waals surface area contributed by atoms with Crippen LogP contribution >= 0.6 is 0 Å². The van der Waals surface area contributed by atoms with Crippen LogP contribution in [0.4, 0.5) is 0 Å². The van der Waals surface area contributed by atoms with E-state index in [1.165, 1.54) is 33.5 Å². The molecule has 0 unspecified atom stereocenters. The lowest BCUT2D eigenvalue weighted by molar-refractivity contribution is 0.354. The summed E-state index contributed by atoms with van der Waals surface area (Å²) >= 11 is 0. The van der Waals surface area contributed by atoms with Gasteiger partial charge in [-0.3, -0.25) is 4.99 Å². The van der Waals surface area contributed by atoms with Gasteiger partial charge in [0, 0.05) is 23.9 Å². The van der Waals surface area contributed by atoms with E-state index in [0.29, 0.717) is 6.54 Å². The van der Waals surface area contributed by atoms with E-state index in [2.05, 4.69) is 48.0 Å². The van der Waals surface area contributed by atoms with Crippen molar-refractivity contribution in [3.05, 3.63) is 82.8 Å². The standard InChI is InChI=1S/C28H28N2O3/c1-18-21-10-11-24(31-2)27(29-16-19-8-6-5-7-9-19)23(21)17-30-13-12-20-14-25(32-3)26(33-4)15-22(20)28(18)30/h5-11,14-15,17H,12-13,16H2,1-4H3. The number of ether oxygens (including phenoxy) is 3. The molecule has 0 radical (unpaired) electrons. The van der Waals surface area contributed by atoms with Crippen molar-refractivity contribution in [3.63, 3.8) is 0 Å². The molecule has 5 heteroatoms. The van der Waals surface area contributed by atoms with Crippen molar-refractivity contribution in [2.24, 2.45) is 4.99 Å². The molecule has 0 aromatic heterocycles. The summed E-state index contributed by atoms with van der Waals surface area (Å²) in [5.41, 5.74) is 8.36. The second kappa shape index (κ2) is 8.66. The zero-order valence-electron chi connectivity index (χ0n) is 19.5. The summed E-state index contributed by atoms with van der Waals surface area (Å²) in [7, 11) is 5.07. The molecule has 0 fully saturated rings. The Kier molecular flexibility index (Phi) is 5.55. The Hall–Kier alpha value is -3.73. The van der Waals surface area contributed by atoms with Crippen LogP contribution in [0.5, 0.6) is 17.2 Å². The van der Waals surface area contributed by atoms with Crippen LogP contribution < -0.4 is 19.6 Å². The molecule has 2 aliphatic heterocycles. The van der Waals surface area contributed by atoms with E-state index in [1.54, 1.807) is 21.3 Å². The lowest BCUT2D eigenvalue weighted by Gasteiger charge is -2.28. The molecule has 33 heavy (non-hydrogen) atoms. The van der Waals surface area contributed by atoms with E-state index in [9.17, 15) is 0 Å². The molecule has 2 aromatic carbocycles. The minimum atomic E-state index is 0.608. The lowest BCUT2D eigenvalue weighted by atomic mass is 9.89. The Bertz CT molecular complexity index is 1360. The summed E-state index contributed by atoms with van der Waals surface area (Å²) < 4.78 is 19.2. The molecule has 0 saturated heterocycles. The average molecular weight is 441 g/mol. The lowest BCUT2D eigenvalue weighted by Crippen LogP contribution is -2.20. The number of nitrogens with zero attached hydrogens (tertiary/aromatic N) is 2. The molecule has 3 aliphatic rings. The Morgan fingerprint density at radius 3 is 2.27 bits per heavy atom. The molecular formula is C28H28N2O3. The van der Waals surface area contributed by atoms with Crippen molar-refractivity contribution in [3.8, 4) is 39.6 Å². The predicted octanol–water partition coefficient (Wildman–Crippen LogP) is 5.25. The minimum absolute atomic E-state index is 0.608. The Morgan fingerprint density at radius 2 is 1.55 bits per heavy atom. The predicted molar refractivity (Wildman–Crippen MR) is 130 cm³/mol. The fourth-order valence-electron chi connectivity index (χ4n) is 4.81. The van der Waals surface area contributed by atoms with Crippen LogP contribution in [0.15, 0.2) is 65.8 Å². The van der Waals surface area contributed by atoms with Crippen molar-refractivity contribution in [1.29, 1.82) is 0 Å². The van der Waals surface area contributed by atoms with Gasteiger partial charge in [-0.1, -0.05) is 36.4 Å². The fourth-order valence-corrected chi connectivity index (χ4v) is 4.81. The fraction of sp³-hybridized carbons (Fsp3) is 0.250. The SMILES string of the molecule is COc1cc2c(cc1OC)-c1c(C)c3ccc(OC)c(=NCc4ccccc4)c-3cn1CC2. The summed E-state index contributed by atoms with van der Waals surface area (Å²) in [4.78, 5) is 4.98. The third-order valence-corrected chi connectivity index (χ3v) is 6.48. The first kappa shape index (κ1) is 21.1. The van der Waals surface area contributed by atoms with Gasteiger partial charge < -0.3 is 18.8 Å². The van der Waals surface area contributed by atoms with Gasteiger partial charge in [-0.25, -0.2) is 0 Å². The van der Waals surface area contributed by atoms with E-state index >= 15 is 0 Å². The average Bonchev–Trinajstić information content (AvgIpc) is 2.86. The van der Waals surface area contributed by atoms with Gasteiger partial charge in [0.15, 0.2) is 11.5 Å². The highest BCUT2D eigenvalue weighted by Crippen LogP contribution is 2.42. The van der Waals surface area contributed by atoms with Gasteiger partial charge in [0.05, 0.1) is 33.6 Å². The number of aromatic nitrogens is 1. The van der Waals surface area contributed by atoms with Crippen LogP contribution in [-0.2, 0) is 19.5 Å². The van der Waals surface area contributed by atoms with E-state index in [0.717, 1.165) is 41.1 Å². The second-order valence-corrected chi connectivity index (χ2v) is 8.29. The van der Waals surface area contributed by atoms with E-state index in [1.807, 2.05) is 24.3 Å². The molecule has 0 saturated carbocycles. The van der Waals surface area contributed by atoms with Crippen molar-refractivity contribution in [2.75, 3.05) is 21.3 Å². The summed E-state index contributed by atoms with van der Waals surface area (Å²) in [5.74, 6) is 2.31. The topological polar surface area (TPSA) is 45.0 Å². The Balaban J connectivity index is 1.72. The van der Waals surface area contributed by atoms with Gasteiger partial charge in [-0.05, 0) is 53.8 Å². The molecule has 5 rings (SSSR count). The third kappa shape index (κ3) is 3.63. The van der Waals surface area contributed by atoms with Crippen LogP contribution in [0.3, 0.4) is 0 Å². The number of fused-ring (bicyclic) bond motifs is 4. The molecule has 0 spiro atoms. The number of hydrogen-bond donors (Lipinski definition) is 0. The van der Waals surface area contributed by atoms with E-state index < -0.39 is 0 Å². The summed E-state index contributed by atoms with van der Waals surface area (Å²) in [6, 6.07) is 18.7. The Morgan fingerprint density at radius 1 is 0.818 bits per heavy atom. The molecule has 168 valence electrons. The van der Waals surface area contributed by atoms with E-state index in [-0.39, 0.29) is 0 Å². The molecule has 5 nitrogen and oxygen atoms in total. The maximum absolute atomic E-state index is 5.70. The number of pyridine rings is 1. The van der Waals surface area contributed by atoms with Crippen LogP contribution in [0, 0.1) is 6.92 Å². The second-order valence-electron chi connectivity index (χ2n) is 8.29. The zero-order chi connectivity index (χ0) is 22.9. The van der Waals surface area contributed by atoms with Crippen molar-refractivity contribution >= 4 is 0 Å². The Labute approximate surface area is 194 Å². The minimum Gasteiger partial charge on any atom is -0.494 e. The van der Waals surface area contributed by atoms with Crippen LogP contribution in [-0.4, -0.2) is 25.9 Å². The number of aryl methyl sites for hydroxylation is 2. The largest absolute Gasteiger partial charge is 0.494 e. The van der Waals surface area contributed by atoms with E-state index in [4.69, 9.17) is 19.2 Å². The number of methoxy groups -OCH3 is 3. The van der Waals surface area contributed by atoms with Gasteiger partial charge in [0.1, 0.15) is 11.1 Å². The summed E-state index contributed by atoms with van der Waals surface area (Å²) in [6.07, 6.45) is 3.16. The maximum atomic E-state index is 5.70. The third-order valence-electron chi connectivity index (χ3n) is 6.48. The molecule has 0 amide bonds. The van der Waals surface area contributed by atoms with Crippen LogP contribution in [0.25, 0.3) is 22.4 Å². The normalized spacial score (nSPS) is 12.9. The highest BCUT2D eigenvalue weighted by atomic mass is 16.5. The van der Waals surface area contributed by atoms with Gasteiger partial charge in [-0.2, -0.15) is 0 Å². The van der Waals surface area contributed by atoms with Crippen LogP contribution in [0.1, 0.15) is 16.7 Å². The van der Waals surface area contributed by atoms with Crippen molar-refractivity contribution < 1.29 is 14.2 Å². The van der Waals surface area contributed by atoms with Gasteiger partial charge in [-0.15, -0.1) is 0 Å². The maximum Gasteiger partial charge on any atom is 0.161 e. The quantitative estimate of drug-likeness (QED) is 0.426. The van der Waals surface area contributed by atoms with Crippen LogP contribution in [0.2, 0.25) is 0 Å². The highest BCUT2D eigenvalue weighted by Gasteiger charge is 2.24. The summed E-state index contributed by atoms with van der Waals surface area (Å²) in [6.45, 7) is 3.69. The first-order chi connectivity index (χ1) is 16.1.